The maximum absolute atomic E-state index is 13.5. The molecule has 0 saturated carbocycles. The second-order valence-corrected chi connectivity index (χ2v) is 4.84. The molecule has 1 amide bonds. The average molecular weight is 307 g/mol. The van der Waals surface area contributed by atoms with E-state index in [2.05, 4.69) is 5.32 Å². The van der Waals surface area contributed by atoms with Gasteiger partial charge in [-0.2, -0.15) is 0 Å². The topological polar surface area (TPSA) is 55.1 Å². The monoisotopic (exact) mass is 306 g/mol. The number of carbonyl (C=O) groups is 1. The lowest BCUT2D eigenvalue weighted by Gasteiger charge is -2.16. The van der Waals surface area contributed by atoms with E-state index >= 15 is 0 Å². The van der Waals surface area contributed by atoms with E-state index in [4.69, 9.17) is 29.6 Å². The molecule has 0 bridgehead atoms. The molecule has 1 unspecified atom stereocenters. The summed E-state index contributed by atoms with van der Waals surface area (Å²) in [5.41, 5.74) is 5.04. The predicted molar refractivity (Wildman–Crippen MR) is 74.3 cm³/mol. The number of amides is 1. The van der Waals surface area contributed by atoms with Gasteiger partial charge < -0.3 is 11.1 Å². The molecule has 0 spiro atoms. The van der Waals surface area contributed by atoms with Crippen molar-refractivity contribution >= 4 is 34.7 Å². The van der Waals surface area contributed by atoms with Crippen LogP contribution in [0.3, 0.4) is 0 Å². The number of hydrogen-bond acceptors (Lipinski definition) is 2. The Kier molecular flexibility index (Phi) is 5.62. The molecule has 0 radical (unpaired) electrons. The summed E-state index contributed by atoms with van der Waals surface area (Å²) < 4.78 is 26.8. The number of rotatable bonds is 5. The third kappa shape index (κ3) is 4.11. The first-order chi connectivity index (χ1) is 8.86. The van der Waals surface area contributed by atoms with Gasteiger partial charge in [0.1, 0.15) is 11.6 Å². The van der Waals surface area contributed by atoms with E-state index in [1.807, 2.05) is 6.92 Å². The summed E-state index contributed by atoms with van der Waals surface area (Å²) in [4.78, 5) is 11.9. The predicted octanol–water partition coefficient (Wildman–Crippen LogP) is 2.80. The van der Waals surface area contributed by atoms with Crippen molar-refractivity contribution in [2.45, 2.75) is 25.8 Å². The molecule has 3 nitrogen and oxygen atoms in total. The van der Waals surface area contributed by atoms with Gasteiger partial charge in [0.2, 0.25) is 0 Å². The van der Waals surface area contributed by atoms with Gasteiger partial charge in [-0.25, -0.2) is 8.78 Å². The summed E-state index contributed by atoms with van der Waals surface area (Å²) in [5, 5.41) is 2.09. The summed E-state index contributed by atoms with van der Waals surface area (Å²) in [6.07, 6.45) is 1.26. The summed E-state index contributed by atoms with van der Waals surface area (Å²) >= 11 is 10.2. The molecule has 0 fully saturated rings. The van der Waals surface area contributed by atoms with Gasteiger partial charge >= 0.3 is 0 Å². The Labute approximate surface area is 120 Å². The van der Waals surface area contributed by atoms with Gasteiger partial charge in [0.15, 0.2) is 0 Å². The van der Waals surface area contributed by atoms with Crippen molar-refractivity contribution in [3.8, 4) is 0 Å². The Morgan fingerprint density at radius 2 is 2.11 bits per heavy atom. The smallest absolute Gasteiger partial charge is 0.254 e. The third-order valence-corrected chi connectivity index (χ3v) is 3.05. The Morgan fingerprint density at radius 1 is 1.47 bits per heavy atom. The van der Waals surface area contributed by atoms with E-state index in [0.29, 0.717) is 6.42 Å². The van der Waals surface area contributed by atoms with E-state index in [-0.39, 0.29) is 10.0 Å². The molecular formula is C12H13ClF2N2OS. The maximum atomic E-state index is 13.5. The van der Waals surface area contributed by atoms with E-state index in [1.165, 1.54) is 0 Å². The van der Waals surface area contributed by atoms with E-state index in [0.717, 1.165) is 18.6 Å². The van der Waals surface area contributed by atoms with Crippen molar-refractivity contribution in [1.82, 2.24) is 5.32 Å². The van der Waals surface area contributed by atoms with Gasteiger partial charge in [-0.1, -0.05) is 37.2 Å². The van der Waals surface area contributed by atoms with Crippen LogP contribution < -0.4 is 11.1 Å². The molecule has 104 valence electrons. The van der Waals surface area contributed by atoms with Crippen molar-refractivity contribution in [2.75, 3.05) is 0 Å². The molecular weight excluding hydrogens is 294 g/mol. The number of thiocarbonyl (C=S) groups is 1. The fourth-order valence-corrected chi connectivity index (χ4v) is 1.83. The molecule has 1 aromatic rings. The third-order valence-electron chi connectivity index (χ3n) is 2.48. The molecule has 0 aromatic heterocycles. The van der Waals surface area contributed by atoms with Crippen molar-refractivity contribution in [2.24, 2.45) is 5.73 Å². The Hall–Kier alpha value is -1.27. The molecule has 1 atom stereocenters. The van der Waals surface area contributed by atoms with Gasteiger partial charge in [0, 0.05) is 0 Å². The van der Waals surface area contributed by atoms with Crippen molar-refractivity contribution in [3.05, 3.63) is 34.4 Å². The van der Waals surface area contributed by atoms with Crippen LogP contribution in [0.5, 0.6) is 0 Å². The highest BCUT2D eigenvalue weighted by atomic mass is 35.5. The normalized spacial score (nSPS) is 12.0. The first kappa shape index (κ1) is 15.8. The lowest BCUT2D eigenvalue weighted by molar-refractivity contribution is 0.0941. The molecule has 3 N–H and O–H groups in total. The summed E-state index contributed by atoms with van der Waals surface area (Å²) in [5.74, 6) is -2.54. The Bertz CT molecular complexity index is 511. The first-order valence-electron chi connectivity index (χ1n) is 5.61. The number of halogens is 3. The molecule has 0 heterocycles. The fraction of sp³-hybridized carbons (Fsp3) is 0.333. The molecule has 0 aliphatic heterocycles. The summed E-state index contributed by atoms with van der Waals surface area (Å²) in [7, 11) is 0. The van der Waals surface area contributed by atoms with E-state index < -0.39 is 29.1 Å². The van der Waals surface area contributed by atoms with E-state index in [9.17, 15) is 13.6 Å². The van der Waals surface area contributed by atoms with Crippen LogP contribution in [0.1, 0.15) is 30.1 Å². The van der Waals surface area contributed by atoms with Gasteiger partial charge in [0.25, 0.3) is 5.91 Å². The maximum Gasteiger partial charge on any atom is 0.254 e. The van der Waals surface area contributed by atoms with Crippen LogP contribution in [0, 0.1) is 11.6 Å². The highest BCUT2D eigenvalue weighted by molar-refractivity contribution is 7.80. The number of benzene rings is 1. The number of nitrogens with one attached hydrogen (secondary N) is 1. The first-order valence-corrected chi connectivity index (χ1v) is 6.40. The van der Waals surface area contributed by atoms with Gasteiger partial charge in [-0.3, -0.25) is 4.79 Å². The molecule has 0 aliphatic carbocycles. The van der Waals surface area contributed by atoms with Crippen LogP contribution in [0.15, 0.2) is 12.1 Å². The second-order valence-electron chi connectivity index (χ2n) is 3.96. The van der Waals surface area contributed by atoms with Crippen LogP contribution in [0.25, 0.3) is 0 Å². The highest BCUT2D eigenvalue weighted by Crippen LogP contribution is 2.19. The number of hydrogen-bond donors (Lipinski definition) is 2. The van der Waals surface area contributed by atoms with Crippen LogP contribution in [0.2, 0.25) is 5.02 Å². The minimum absolute atomic E-state index is 0.102. The zero-order valence-electron chi connectivity index (χ0n) is 10.2. The zero-order chi connectivity index (χ0) is 14.6. The summed E-state index contributed by atoms with van der Waals surface area (Å²) in [6.45, 7) is 1.89. The van der Waals surface area contributed by atoms with Crippen LogP contribution in [-0.2, 0) is 0 Å². The van der Waals surface area contributed by atoms with Gasteiger partial charge in [-0.05, 0) is 18.6 Å². The quantitative estimate of drug-likeness (QED) is 0.650. The van der Waals surface area contributed by atoms with Crippen molar-refractivity contribution < 1.29 is 13.6 Å². The molecule has 1 aromatic carbocycles. The Balaban J connectivity index is 2.94. The van der Waals surface area contributed by atoms with Crippen LogP contribution in [0.4, 0.5) is 8.78 Å². The SMILES string of the molecule is CCCC(NC(=O)c1cc(F)c(Cl)cc1F)C(N)=S. The van der Waals surface area contributed by atoms with Crippen LogP contribution in [-0.4, -0.2) is 16.9 Å². The van der Waals surface area contributed by atoms with Gasteiger partial charge in [-0.15, -0.1) is 0 Å². The molecule has 1 rings (SSSR count). The minimum Gasteiger partial charge on any atom is -0.392 e. The summed E-state index contributed by atoms with van der Waals surface area (Å²) in [6, 6.07) is 0.947. The minimum atomic E-state index is -0.901. The Morgan fingerprint density at radius 3 is 2.63 bits per heavy atom. The second kappa shape index (κ2) is 6.77. The molecule has 0 saturated heterocycles. The van der Waals surface area contributed by atoms with Gasteiger partial charge in [0.05, 0.1) is 21.6 Å². The zero-order valence-corrected chi connectivity index (χ0v) is 11.7. The standard InChI is InChI=1S/C12H13ClF2N2OS/c1-2-3-10(11(16)19)17-12(18)6-4-9(15)7(13)5-8(6)14/h4-5,10H,2-3H2,1H3,(H2,16,19)(H,17,18). The fourth-order valence-electron chi connectivity index (χ4n) is 1.51. The number of carbonyl (C=O) groups excluding carboxylic acids is 1. The average Bonchev–Trinajstić information content (AvgIpc) is 2.32. The lowest BCUT2D eigenvalue weighted by atomic mass is 10.1. The molecule has 19 heavy (non-hydrogen) atoms. The van der Waals surface area contributed by atoms with Crippen LogP contribution >= 0.6 is 23.8 Å². The molecule has 7 heteroatoms. The van der Waals surface area contributed by atoms with E-state index in [1.54, 1.807) is 0 Å². The highest BCUT2D eigenvalue weighted by Gasteiger charge is 2.19. The number of nitrogens with two attached hydrogens (primary N) is 1. The molecule has 0 aliphatic rings. The van der Waals surface area contributed by atoms with Crippen molar-refractivity contribution in [3.63, 3.8) is 0 Å². The lowest BCUT2D eigenvalue weighted by Crippen LogP contribution is -2.43. The largest absolute Gasteiger partial charge is 0.392 e. The van der Waals surface area contributed by atoms with Crippen molar-refractivity contribution in [1.29, 1.82) is 0 Å².